The van der Waals surface area contributed by atoms with Crippen molar-refractivity contribution < 1.29 is 23.1 Å². The number of carbonyl (C=O) groups is 2. The second-order valence-electron chi connectivity index (χ2n) is 5.23. The summed E-state index contributed by atoms with van der Waals surface area (Å²) in [6.45, 7) is 0.0548. The number of halogens is 2. The van der Waals surface area contributed by atoms with E-state index in [1.807, 2.05) is 18.2 Å². The fraction of sp³-hybridized carbons (Fsp3) is 0.111. The number of benzene rings is 2. The van der Waals surface area contributed by atoms with Gasteiger partial charge in [0.2, 0.25) is 5.91 Å². The predicted molar refractivity (Wildman–Crippen MR) is 82.8 cm³/mol. The first-order chi connectivity index (χ1) is 11.6. The van der Waals surface area contributed by atoms with E-state index in [1.165, 1.54) is 6.07 Å². The summed E-state index contributed by atoms with van der Waals surface area (Å²) < 4.78 is 32.7. The van der Waals surface area contributed by atoms with Crippen molar-refractivity contribution in [3.8, 4) is 0 Å². The Morgan fingerprint density at radius 2 is 1.71 bits per heavy atom. The molecule has 0 N–H and O–H groups in total. The topological polar surface area (TPSA) is 46.6 Å². The Morgan fingerprint density at radius 1 is 1.04 bits per heavy atom. The molecule has 6 heteroatoms. The number of rotatable bonds is 4. The van der Waals surface area contributed by atoms with E-state index in [4.69, 9.17) is 4.74 Å². The van der Waals surface area contributed by atoms with Crippen molar-refractivity contribution in [3.63, 3.8) is 0 Å². The molecule has 0 spiro atoms. The van der Waals surface area contributed by atoms with Crippen LogP contribution >= 0.6 is 0 Å². The van der Waals surface area contributed by atoms with Crippen LogP contribution in [-0.2, 0) is 20.9 Å². The molecule has 1 amide bonds. The summed E-state index contributed by atoms with van der Waals surface area (Å²) in [5.41, 5.74) is 0.361. The van der Waals surface area contributed by atoms with Gasteiger partial charge in [0, 0.05) is 6.20 Å². The van der Waals surface area contributed by atoms with Crippen molar-refractivity contribution in [2.45, 2.75) is 13.0 Å². The molecule has 4 nitrogen and oxygen atoms in total. The maximum Gasteiger partial charge on any atom is 0.336 e. The van der Waals surface area contributed by atoms with Crippen LogP contribution in [0.1, 0.15) is 12.0 Å². The van der Waals surface area contributed by atoms with E-state index in [2.05, 4.69) is 0 Å². The summed E-state index contributed by atoms with van der Waals surface area (Å²) in [5, 5.41) is 0. The highest BCUT2D eigenvalue weighted by Gasteiger charge is 2.31. The molecule has 0 bridgehead atoms. The summed E-state index contributed by atoms with van der Waals surface area (Å²) in [6.07, 6.45) is 0.860. The fourth-order valence-electron chi connectivity index (χ4n) is 2.37. The molecule has 1 aliphatic heterocycles. The number of amides is 1. The highest BCUT2D eigenvalue weighted by atomic mass is 19.1. The van der Waals surface area contributed by atoms with Gasteiger partial charge in [-0.25, -0.2) is 13.6 Å². The van der Waals surface area contributed by atoms with Gasteiger partial charge in [0.25, 0.3) is 0 Å². The van der Waals surface area contributed by atoms with E-state index < -0.39 is 29.2 Å². The van der Waals surface area contributed by atoms with Crippen LogP contribution in [0, 0.1) is 11.6 Å². The van der Waals surface area contributed by atoms with Crippen LogP contribution in [0.15, 0.2) is 60.3 Å². The van der Waals surface area contributed by atoms with Crippen molar-refractivity contribution in [1.29, 1.82) is 0 Å². The molecule has 24 heavy (non-hydrogen) atoms. The van der Waals surface area contributed by atoms with Gasteiger partial charge in [-0.2, -0.15) is 0 Å². The Balaban J connectivity index is 1.75. The minimum Gasteiger partial charge on any atom is -0.457 e. The summed E-state index contributed by atoms with van der Waals surface area (Å²) >= 11 is 0. The van der Waals surface area contributed by atoms with Gasteiger partial charge in [-0.15, -0.1) is 0 Å². The van der Waals surface area contributed by atoms with Crippen LogP contribution in [0.25, 0.3) is 0 Å². The van der Waals surface area contributed by atoms with Gasteiger partial charge in [-0.05, 0) is 17.7 Å². The second-order valence-corrected chi connectivity index (χ2v) is 5.23. The summed E-state index contributed by atoms with van der Waals surface area (Å²) in [6, 6.07) is 12.3. The zero-order valence-corrected chi connectivity index (χ0v) is 12.5. The standard InChI is InChI=1S/C18H13F2NO3/c19-14-7-4-8-15(20)17(14)21-10-13(9-16(21)22)18(23)24-11-12-5-2-1-3-6-12/h1-8,10H,9,11H2. The average Bonchev–Trinajstić information content (AvgIpc) is 2.95. The Hall–Kier alpha value is -3.02. The number of hydrogen-bond donors (Lipinski definition) is 0. The molecule has 0 atom stereocenters. The van der Waals surface area contributed by atoms with Gasteiger partial charge < -0.3 is 4.74 Å². The third kappa shape index (κ3) is 3.17. The van der Waals surface area contributed by atoms with E-state index >= 15 is 0 Å². The minimum atomic E-state index is -0.876. The summed E-state index contributed by atoms with van der Waals surface area (Å²) in [7, 11) is 0. The van der Waals surface area contributed by atoms with E-state index in [9.17, 15) is 18.4 Å². The number of carbonyl (C=O) groups excluding carboxylic acids is 2. The molecular weight excluding hydrogens is 316 g/mol. The van der Waals surface area contributed by atoms with Crippen LogP contribution in [0.4, 0.5) is 14.5 Å². The fourth-order valence-corrected chi connectivity index (χ4v) is 2.37. The maximum absolute atomic E-state index is 13.8. The molecule has 1 heterocycles. The van der Waals surface area contributed by atoms with Crippen LogP contribution in [-0.4, -0.2) is 11.9 Å². The molecule has 0 aromatic heterocycles. The van der Waals surface area contributed by atoms with Crippen molar-refractivity contribution in [1.82, 2.24) is 0 Å². The quantitative estimate of drug-likeness (QED) is 0.809. The summed E-state index contributed by atoms with van der Waals surface area (Å²) in [5.74, 6) is -3.03. The molecule has 122 valence electrons. The first-order valence-electron chi connectivity index (χ1n) is 7.24. The van der Waals surface area contributed by atoms with Crippen molar-refractivity contribution in [2.24, 2.45) is 0 Å². The monoisotopic (exact) mass is 329 g/mol. The van der Waals surface area contributed by atoms with E-state index in [1.54, 1.807) is 12.1 Å². The highest BCUT2D eigenvalue weighted by molar-refractivity contribution is 6.07. The Kier molecular flexibility index (Phi) is 4.37. The van der Waals surface area contributed by atoms with E-state index in [-0.39, 0.29) is 18.6 Å². The van der Waals surface area contributed by atoms with Crippen LogP contribution in [0.3, 0.4) is 0 Å². The largest absolute Gasteiger partial charge is 0.457 e. The Bertz CT molecular complexity index is 798. The summed E-state index contributed by atoms with van der Waals surface area (Å²) in [4.78, 5) is 24.9. The lowest BCUT2D eigenvalue weighted by atomic mass is 10.2. The predicted octanol–water partition coefficient (Wildman–Crippen LogP) is 3.33. The van der Waals surface area contributed by atoms with E-state index in [0.29, 0.717) is 0 Å². The number of ether oxygens (including phenoxy) is 1. The molecule has 2 aromatic rings. The van der Waals surface area contributed by atoms with Gasteiger partial charge in [0.15, 0.2) is 0 Å². The number of esters is 1. The Labute approximate surface area is 137 Å². The van der Waals surface area contributed by atoms with Gasteiger partial charge >= 0.3 is 5.97 Å². The molecule has 1 aliphatic rings. The average molecular weight is 329 g/mol. The lowest BCUT2D eigenvalue weighted by molar-refractivity contribution is -0.140. The van der Waals surface area contributed by atoms with Crippen molar-refractivity contribution in [2.75, 3.05) is 4.90 Å². The van der Waals surface area contributed by atoms with Crippen LogP contribution in [0.2, 0.25) is 0 Å². The normalized spacial score (nSPS) is 13.8. The molecule has 0 unspecified atom stereocenters. The molecule has 0 fully saturated rings. The molecule has 0 radical (unpaired) electrons. The molecule has 2 aromatic carbocycles. The molecule has 0 saturated heterocycles. The van der Waals surface area contributed by atoms with Crippen molar-refractivity contribution in [3.05, 3.63) is 77.5 Å². The first kappa shape index (κ1) is 15.9. The lowest BCUT2D eigenvalue weighted by Crippen LogP contribution is -2.22. The zero-order valence-electron chi connectivity index (χ0n) is 12.5. The third-order valence-corrected chi connectivity index (χ3v) is 3.55. The number of anilines is 1. The Morgan fingerprint density at radius 3 is 2.38 bits per heavy atom. The van der Waals surface area contributed by atoms with Gasteiger partial charge in [-0.1, -0.05) is 36.4 Å². The first-order valence-corrected chi connectivity index (χ1v) is 7.24. The molecule has 0 saturated carbocycles. The molecule has 0 aliphatic carbocycles. The molecule has 3 rings (SSSR count). The van der Waals surface area contributed by atoms with Gasteiger partial charge in [0.05, 0.1) is 12.0 Å². The van der Waals surface area contributed by atoms with Gasteiger partial charge in [-0.3, -0.25) is 9.69 Å². The minimum absolute atomic E-state index is 0.0542. The number of hydrogen-bond acceptors (Lipinski definition) is 3. The van der Waals surface area contributed by atoms with Crippen LogP contribution < -0.4 is 4.90 Å². The second kappa shape index (κ2) is 6.62. The number of para-hydroxylation sites is 1. The SMILES string of the molecule is O=C(OCc1ccccc1)C1=CN(c2c(F)cccc2F)C(=O)C1. The van der Waals surface area contributed by atoms with Crippen LogP contribution in [0.5, 0.6) is 0 Å². The highest BCUT2D eigenvalue weighted by Crippen LogP contribution is 2.29. The molecular formula is C18H13F2NO3. The van der Waals surface area contributed by atoms with E-state index in [0.717, 1.165) is 28.8 Å². The maximum atomic E-state index is 13.8. The smallest absolute Gasteiger partial charge is 0.336 e. The van der Waals surface area contributed by atoms with Crippen molar-refractivity contribution >= 4 is 17.6 Å². The lowest BCUT2D eigenvalue weighted by Gasteiger charge is -2.14. The number of nitrogens with zero attached hydrogens (tertiary/aromatic N) is 1. The third-order valence-electron chi connectivity index (χ3n) is 3.55. The van der Waals surface area contributed by atoms with Gasteiger partial charge in [0.1, 0.15) is 23.9 Å². The zero-order chi connectivity index (χ0) is 17.1.